The summed E-state index contributed by atoms with van der Waals surface area (Å²) in [6.07, 6.45) is 0. The van der Waals surface area contributed by atoms with Crippen LogP contribution >= 0.6 is 11.3 Å². The molecule has 4 heteroatoms. The van der Waals surface area contributed by atoms with Crippen molar-refractivity contribution in [3.8, 4) is 0 Å². The van der Waals surface area contributed by atoms with Crippen molar-refractivity contribution in [1.82, 2.24) is 10.2 Å². The zero-order valence-corrected chi connectivity index (χ0v) is 12.4. The Labute approximate surface area is 118 Å². The van der Waals surface area contributed by atoms with Gasteiger partial charge in [0.15, 0.2) is 0 Å². The summed E-state index contributed by atoms with van der Waals surface area (Å²) in [5.41, 5.74) is 1.69. The molecule has 1 aromatic heterocycles. The molecule has 0 spiro atoms. The normalized spacial score (nSPS) is 21.8. The molecule has 0 radical (unpaired) electrons. The molecule has 2 heterocycles. The van der Waals surface area contributed by atoms with E-state index in [9.17, 15) is 0 Å². The zero-order valence-electron chi connectivity index (χ0n) is 11.6. The van der Waals surface area contributed by atoms with Crippen LogP contribution in [0.5, 0.6) is 0 Å². The van der Waals surface area contributed by atoms with Gasteiger partial charge in [-0.3, -0.25) is 0 Å². The van der Waals surface area contributed by atoms with Gasteiger partial charge in [0.05, 0.1) is 0 Å². The Morgan fingerprint density at radius 2 is 1.95 bits per heavy atom. The largest absolute Gasteiger partial charge is 0.345 e. The SMILES string of the molecule is Cc1nnc(N2C[C@H](c3ccccc3)C(C)(C)C2)s1. The number of rotatable bonds is 2. The van der Waals surface area contributed by atoms with Gasteiger partial charge < -0.3 is 4.90 Å². The zero-order chi connectivity index (χ0) is 13.5. The van der Waals surface area contributed by atoms with Crippen LogP contribution in [0.4, 0.5) is 5.13 Å². The van der Waals surface area contributed by atoms with Crippen LogP contribution < -0.4 is 4.90 Å². The molecular formula is C15H19N3S. The standard InChI is InChI=1S/C15H19N3S/c1-11-16-17-14(19-11)18-9-13(15(2,3)10-18)12-7-5-4-6-8-12/h4-8,13H,9-10H2,1-3H3/t13-/m1/s1. The van der Waals surface area contributed by atoms with Crippen molar-refractivity contribution in [2.45, 2.75) is 26.7 Å². The summed E-state index contributed by atoms with van der Waals surface area (Å²) in [5, 5.41) is 10.5. The minimum absolute atomic E-state index is 0.265. The maximum atomic E-state index is 4.29. The van der Waals surface area contributed by atoms with Gasteiger partial charge in [0, 0.05) is 19.0 Å². The van der Waals surface area contributed by atoms with E-state index < -0.39 is 0 Å². The Morgan fingerprint density at radius 3 is 2.58 bits per heavy atom. The van der Waals surface area contributed by atoms with E-state index in [4.69, 9.17) is 0 Å². The quantitative estimate of drug-likeness (QED) is 0.839. The minimum Gasteiger partial charge on any atom is -0.345 e. The van der Waals surface area contributed by atoms with Crippen molar-refractivity contribution in [3.05, 3.63) is 40.9 Å². The van der Waals surface area contributed by atoms with Crippen LogP contribution in [0.3, 0.4) is 0 Å². The summed E-state index contributed by atoms with van der Waals surface area (Å²) in [5.74, 6) is 0.554. The number of anilines is 1. The predicted molar refractivity (Wildman–Crippen MR) is 79.8 cm³/mol. The van der Waals surface area contributed by atoms with Gasteiger partial charge in [0.1, 0.15) is 5.01 Å². The fourth-order valence-electron chi connectivity index (χ4n) is 2.94. The monoisotopic (exact) mass is 273 g/mol. The molecule has 1 atom stereocenters. The van der Waals surface area contributed by atoms with Gasteiger partial charge in [-0.05, 0) is 17.9 Å². The molecule has 1 saturated heterocycles. The third-order valence-electron chi connectivity index (χ3n) is 3.93. The van der Waals surface area contributed by atoms with Crippen molar-refractivity contribution >= 4 is 16.5 Å². The molecule has 0 aliphatic carbocycles. The second kappa shape index (κ2) is 4.60. The maximum Gasteiger partial charge on any atom is 0.208 e. The summed E-state index contributed by atoms with van der Waals surface area (Å²) < 4.78 is 0. The molecule has 1 aliphatic heterocycles. The molecule has 1 aromatic carbocycles. The van der Waals surface area contributed by atoms with E-state index >= 15 is 0 Å². The van der Waals surface area contributed by atoms with E-state index in [2.05, 4.69) is 59.3 Å². The number of hydrogen-bond donors (Lipinski definition) is 0. The van der Waals surface area contributed by atoms with Crippen LogP contribution in [-0.4, -0.2) is 23.3 Å². The highest BCUT2D eigenvalue weighted by atomic mass is 32.1. The van der Waals surface area contributed by atoms with Gasteiger partial charge in [-0.25, -0.2) is 0 Å². The molecule has 0 bridgehead atoms. The number of hydrogen-bond acceptors (Lipinski definition) is 4. The molecule has 0 amide bonds. The topological polar surface area (TPSA) is 29.0 Å². The van der Waals surface area contributed by atoms with Crippen molar-refractivity contribution in [3.63, 3.8) is 0 Å². The van der Waals surface area contributed by atoms with Crippen LogP contribution in [0.2, 0.25) is 0 Å². The summed E-state index contributed by atoms with van der Waals surface area (Å²) in [6.45, 7) is 8.78. The number of nitrogens with zero attached hydrogens (tertiary/aromatic N) is 3. The lowest BCUT2D eigenvalue weighted by atomic mass is 9.78. The predicted octanol–water partition coefficient (Wildman–Crippen LogP) is 3.48. The summed E-state index contributed by atoms with van der Waals surface area (Å²) in [7, 11) is 0. The van der Waals surface area contributed by atoms with Crippen molar-refractivity contribution in [2.75, 3.05) is 18.0 Å². The second-order valence-corrected chi connectivity index (χ2v) is 7.10. The molecule has 0 unspecified atom stereocenters. The Hall–Kier alpha value is -1.42. The third-order valence-corrected chi connectivity index (χ3v) is 4.83. The van der Waals surface area contributed by atoms with Gasteiger partial charge in [-0.15, -0.1) is 10.2 Å². The Morgan fingerprint density at radius 1 is 1.21 bits per heavy atom. The van der Waals surface area contributed by atoms with E-state index in [1.54, 1.807) is 11.3 Å². The van der Waals surface area contributed by atoms with Crippen molar-refractivity contribution in [1.29, 1.82) is 0 Å². The Balaban J connectivity index is 1.88. The average molecular weight is 273 g/mol. The summed E-state index contributed by atoms with van der Waals surface area (Å²) in [4.78, 5) is 2.38. The van der Waals surface area contributed by atoms with Gasteiger partial charge in [0.25, 0.3) is 0 Å². The number of aromatic nitrogens is 2. The smallest absolute Gasteiger partial charge is 0.208 e. The highest BCUT2D eigenvalue weighted by Gasteiger charge is 2.41. The van der Waals surface area contributed by atoms with Crippen LogP contribution in [0.25, 0.3) is 0 Å². The first-order valence-electron chi connectivity index (χ1n) is 6.66. The van der Waals surface area contributed by atoms with Crippen LogP contribution in [0.15, 0.2) is 30.3 Å². The highest BCUT2D eigenvalue weighted by molar-refractivity contribution is 7.15. The lowest BCUT2D eigenvalue weighted by Crippen LogP contribution is -2.23. The minimum atomic E-state index is 0.265. The second-order valence-electron chi connectivity index (χ2n) is 5.94. The molecule has 3 nitrogen and oxygen atoms in total. The molecule has 100 valence electrons. The van der Waals surface area contributed by atoms with E-state index in [0.717, 1.165) is 23.2 Å². The first-order chi connectivity index (χ1) is 9.06. The maximum absolute atomic E-state index is 4.29. The molecule has 2 aromatic rings. The van der Waals surface area contributed by atoms with E-state index in [1.807, 2.05) is 6.92 Å². The summed E-state index contributed by atoms with van der Waals surface area (Å²) in [6, 6.07) is 10.8. The van der Waals surface area contributed by atoms with Crippen LogP contribution in [0.1, 0.15) is 30.3 Å². The number of benzene rings is 1. The van der Waals surface area contributed by atoms with Crippen molar-refractivity contribution in [2.24, 2.45) is 5.41 Å². The molecule has 19 heavy (non-hydrogen) atoms. The molecule has 0 N–H and O–H groups in total. The first-order valence-corrected chi connectivity index (χ1v) is 7.48. The molecule has 1 aliphatic rings. The fourth-order valence-corrected chi connectivity index (χ4v) is 3.63. The van der Waals surface area contributed by atoms with Crippen molar-refractivity contribution < 1.29 is 0 Å². The van der Waals surface area contributed by atoms with E-state index in [-0.39, 0.29) is 5.41 Å². The average Bonchev–Trinajstić information content (AvgIpc) is 2.94. The molecular weight excluding hydrogens is 254 g/mol. The lowest BCUT2D eigenvalue weighted by Gasteiger charge is -2.25. The highest BCUT2D eigenvalue weighted by Crippen LogP contribution is 2.44. The molecule has 0 saturated carbocycles. The van der Waals surface area contributed by atoms with Crippen LogP contribution in [0, 0.1) is 12.3 Å². The van der Waals surface area contributed by atoms with E-state index in [0.29, 0.717) is 5.92 Å². The van der Waals surface area contributed by atoms with Crippen LogP contribution in [-0.2, 0) is 0 Å². The third kappa shape index (κ3) is 2.37. The fraction of sp³-hybridized carbons (Fsp3) is 0.467. The van der Waals surface area contributed by atoms with Gasteiger partial charge in [-0.2, -0.15) is 0 Å². The lowest BCUT2D eigenvalue weighted by molar-refractivity contribution is 0.365. The van der Waals surface area contributed by atoms with Gasteiger partial charge in [0.2, 0.25) is 5.13 Å². The molecule has 3 rings (SSSR count). The molecule has 1 fully saturated rings. The Kier molecular flexibility index (Phi) is 3.05. The van der Waals surface area contributed by atoms with Gasteiger partial charge >= 0.3 is 0 Å². The summed E-state index contributed by atoms with van der Waals surface area (Å²) >= 11 is 1.69. The van der Waals surface area contributed by atoms with Gasteiger partial charge in [-0.1, -0.05) is 55.5 Å². The number of aryl methyl sites for hydroxylation is 1. The first kappa shape index (κ1) is 12.6. The Bertz CT molecular complexity index is 562. The van der Waals surface area contributed by atoms with E-state index in [1.165, 1.54) is 5.56 Å².